The highest BCUT2D eigenvalue weighted by Crippen LogP contribution is 2.38. The van der Waals surface area contributed by atoms with E-state index in [9.17, 15) is 0 Å². The van der Waals surface area contributed by atoms with Crippen LogP contribution >= 0.6 is 0 Å². The average molecular weight is 223 g/mol. The SMILES string of the molecule is CC1CC(NCc2ncon2)CC(C)(C)C1. The topological polar surface area (TPSA) is 51.0 Å². The van der Waals surface area contributed by atoms with Gasteiger partial charge in [-0.25, -0.2) is 0 Å². The third kappa shape index (κ3) is 3.04. The first-order valence-electron chi connectivity index (χ1n) is 6.04. The highest BCUT2D eigenvalue weighted by atomic mass is 16.5. The summed E-state index contributed by atoms with van der Waals surface area (Å²) in [5, 5.41) is 7.33. The van der Waals surface area contributed by atoms with E-state index >= 15 is 0 Å². The molecule has 1 fully saturated rings. The lowest BCUT2D eigenvalue weighted by Crippen LogP contribution is -2.39. The summed E-state index contributed by atoms with van der Waals surface area (Å²) in [7, 11) is 0. The van der Waals surface area contributed by atoms with E-state index in [-0.39, 0.29) is 0 Å². The maximum atomic E-state index is 4.72. The second-order valence-electron chi connectivity index (χ2n) is 5.84. The monoisotopic (exact) mass is 223 g/mol. The summed E-state index contributed by atoms with van der Waals surface area (Å²) in [4.78, 5) is 4.02. The largest absolute Gasteiger partial charge is 0.343 e. The van der Waals surface area contributed by atoms with Crippen molar-refractivity contribution in [3.8, 4) is 0 Å². The van der Waals surface area contributed by atoms with Gasteiger partial charge in [-0.15, -0.1) is 0 Å². The van der Waals surface area contributed by atoms with E-state index in [4.69, 9.17) is 4.52 Å². The van der Waals surface area contributed by atoms with Crippen LogP contribution in [0.15, 0.2) is 10.9 Å². The molecule has 4 heteroatoms. The zero-order chi connectivity index (χ0) is 11.6. The molecule has 0 radical (unpaired) electrons. The molecule has 1 aromatic rings. The molecular formula is C12H21N3O. The Morgan fingerprint density at radius 1 is 1.50 bits per heavy atom. The Morgan fingerprint density at radius 2 is 2.31 bits per heavy atom. The fourth-order valence-electron chi connectivity index (χ4n) is 3.01. The van der Waals surface area contributed by atoms with Crippen molar-refractivity contribution < 1.29 is 4.52 Å². The number of aromatic nitrogens is 2. The molecule has 2 atom stereocenters. The van der Waals surface area contributed by atoms with E-state index in [1.807, 2.05) is 0 Å². The van der Waals surface area contributed by atoms with E-state index in [0.717, 1.165) is 11.7 Å². The minimum absolute atomic E-state index is 0.451. The van der Waals surface area contributed by atoms with Gasteiger partial charge in [-0.05, 0) is 30.6 Å². The molecule has 0 aliphatic heterocycles. The van der Waals surface area contributed by atoms with Gasteiger partial charge in [0, 0.05) is 6.04 Å². The lowest BCUT2D eigenvalue weighted by molar-refractivity contribution is 0.150. The van der Waals surface area contributed by atoms with Crippen LogP contribution in [0.3, 0.4) is 0 Å². The first kappa shape index (κ1) is 11.6. The van der Waals surface area contributed by atoms with E-state index < -0.39 is 0 Å². The predicted octanol–water partition coefficient (Wildman–Crippen LogP) is 2.37. The second-order valence-corrected chi connectivity index (χ2v) is 5.84. The molecule has 1 aliphatic carbocycles. The van der Waals surface area contributed by atoms with Gasteiger partial charge in [0.05, 0.1) is 6.54 Å². The zero-order valence-electron chi connectivity index (χ0n) is 10.4. The predicted molar refractivity (Wildman–Crippen MR) is 61.7 cm³/mol. The summed E-state index contributed by atoms with van der Waals surface area (Å²) in [6.07, 6.45) is 5.19. The molecule has 0 bridgehead atoms. The summed E-state index contributed by atoms with van der Waals surface area (Å²) < 4.78 is 4.72. The second kappa shape index (κ2) is 4.53. The van der Waals surface area contributed by atoms with Crippen LogP contribution < -0.4 is 5.32 Å². The van der Waals surface area contributed by atoms with Crippen molar-refractivity contribution in [2.45, 2.75) is 52.6 Å². The molecular weight excluding hydrogens is 202 g/mol. The summed E-state index contributed by atoms with van der Waals surface area (Å²) >= 11 is 0. The van der Waals surface area contributed by atoms with Crippen LogP contribution in [-0.4, -0.2) is 16.2 Å². The van der Waals surface area contributed by atoms with Crippen molar-refractivity contribution in [2.75, 3.05) is 0 Å². The van der Waals surface area contributed by atoms with Gasteiger partial charge in [0.25, 0.3) is 0 Å². The summed E-state index contributed by atoms with van der Waals surface area (Å²) in [6, 6.07) is 0.581. The molecule has 0 saturated heterocycles. The number of hydrogen-bond acceptors (Lipinski definition) is 4. The molecule has 0 spiro atoms. The average Bonchev–Trinajstić information content (AvgIpc) is 2.63. The highest BCUT2D eigenvalue weighted by molar-refractivity contribution is 4.88. The molecule has 90 valence electrons. The molecule has 0 aromatic carbocycles. The van der Waals surface area contributed by atoms with Crippen LogP contribution in [0.5, 0.6) is 0 Å². The highest BCUT2D eigenvalue weighted by Gasteiger charge is 2.31. The molecule has 16 heavy (non-hydrogen) atoms. The van der Waals surface area contributed by atoms with E-state index in [2.05, 4.69) is 36.2 Å². The van der Waals surface area contributed by atoms with Crippen LogP contribution in [0.4, 0.5) is 0 Å². The van der Waals surface area contributed by atoms with Crippen LogP contribution in [0, 0.1) is 11.3 Å². The minimum Gasteiger partial charge on any atom is -0.343 e. The normalized spacial score (nSPS) is 29.2. The summed E-state index contributed by atoms with van der Waals surface area (Å²) in [5.74, 6) is 1.54. The van der Waals surface area contributed by atoms with Gasteiger partial charge in [0.2, 0.25) is 6.39 Å². The Hall–Kier alpha value is -0.900. The van der Waals surface area contributed by atoms with Crippen molar-refractivity contribution in [1.29, 1.82) is 0 Å². The number of rotatable bonds is 3. The van der Waals surface area contributed by atoms with Crippen LogP contribution in [0.1, 0.15) is 45.9 Å². The molecule has 4 nitrogen and oxygen atoms in total. The molecule has 1 heterocycles. The number of hydrogen-bond donors (Lipinski definition) is 1. The van der Waals surface area contributed by atoms with Crippen LogP contribution in [0.2, 0.25) is 0 Å². The maximum absolute atomic E-state index is 4.72. The molecule has 1 N–H and O–H groups in total. The number of nitrogens with one attached hydrogen (secondary N) is 1. The van der Waals surface area contributed by atoms with Gasteiger partial charge in [-0.3, -0.25) is 0 Å². The third-order valence-corrected chi connectivity index (χ3v) is 3.34. The van der Waals surface area contributed by atoms with Crippen LogP contribution in [-0.2, 0) is 6.54 Å². The van der Waals surface area contributed by atoms with Gasteiger partial charge in [-0.2, -0.15) is 4.98 Å². The minimum atomic E-state index is 0.451. The van der Waals surface area contributed by atoms with Gasteiger partial charge in [-0.1, -0.05) is 25.9 Å². The van der Waals surface area contributed by atoms with E-state index in [1.54, 1.807) is 0 Å². The van der Waals surface area contributed by atoms with Crippen LogP contribution in [0.25, 0.3) is 0 Å². The van der Waals surface area contributed by atoms with Gasteiger partial charge < -0.3 is 9.84 Å². The maximum Gasteiger partial charge on any atom is 0.213 e. The lowest BCUT2D eigenvalue weighted by Gasteiger charge is -2.39. The fourth-order valence-corrected chi connectivity index (χ4v) is 3.01. The first-order chi connectivity index (χ1) is 7.55. The Balaban J connectivity index is 1.85. The molecule has 2 rings (SSSR count). The van der Waals surface area contributed by atoms with Crippen molar-refractivity contribution in [3.63, 3.8) is 0 Å². The molecule has 0 amide bonds. The first-order valence-corrected chi connectivity index (χ1v) is 6.04. The molecule has 1 aromatic heterocycles. The third-order valence-electron chi connectivity index (χ3n) is 3.34. The standard InChI is InChI=1S/C12H21N3O/c1-9-4-10(6-12(2,3)5-9)13-7-11-14-8-16-15-11/h8-10,13H,4-7H2,1-3H3. The van der Waals surface area contributed by atoms with Gasteiger partial charge >= 0.3 is 0 Å². The van der Waals surface area contributed by atoms with Gasteiger partial charge in [0.1, 0.15) is 0 Å². The van der Waals surface area contributed by atoms with Crippen molar-refractivity contribution in [2.24, 2.45) is 11.3 Å². The Kier molecular flexibility index (Phi) is 3.28. The van der Waals surface area contributed by atoms with Crippen molar-refractivity contribution in [3.05, 3.63) is 12.2 Å². The Labute approximate surface area is 96.8 Å². The molecule has 1 aliphatic rings. The van der Waals surface area contributed by atoms with E-state index in [1.165, 1.54) is 25.7 Å². The Morgan fingerprint density at radius 3 is 2.94 bits per heavy atom. The lowest BCUT2D eigenvalue weighted by atomic mass is 9.70. The smallest absolute Gasteiger partial charge is 0.213 e. The fraction of sp³-hybridized carbons (Fsp3) is 0.833. The summed E-state index contributed by atoms with van der Waals surface area (Å²) in [6.45, 7) is 7.76. The zero-order valence-corrected chi connectivity index (χ0v) is 10.4. The molecule has 2 unspecified atom stereocenters. The van der Waals surface area contributed by atoms with E-state index in [0.29, 0.717) is 18.0 Å². The van der Waals surface area contributed by atoms with Crippen molar-refractivity contribution >= 4 is 0 Å². The molecule has 1 saturated carbocycles. The number of nitrogens with zero attached hydrogens (tertiary/aromatic N) is 2. The van der Waals surface area contributed by atoms with Crippen molar-refractivity contribution in [1.82, 2.24) is 15.5 Å². The quantitative estimate of drug-likeness (QED) is 0.854. The summed E-state index contributed by atoms with van der Waals surface area (Å²) in [5.41, 5.74) is 0.451. The van der Waals surface area contributed by atoms with Gasteiger partial charge in [0.15, 0.2) is 5.82 Å². The Bertz CT molecular complexity index is 321.